The van der Waals surface area contributed by atoms with Crippen molar-refractivity contribution in [3.63, 3.8) is 0 Å². The van der Waals surface area contributed by atoms with Gasteiger partial charge in [-0.2, -0.15) is 5.10 Å². The van der Waals surface area contributed by atoms with E-state index in [2.05, 4.69) is 30.3 Å². The van der Waals surface area contributed by atoms with Crippen molar-refractivity contribution in [1.29, 1.82) is 0 Å². The molecule has 0 aliphatic heterocycles. The lowest BCUT2D eigenvalue weighted by molar-refractivity contribution is 0.0963. The third-order valence-electron chi connectivity index (χ3n) is 3.30. The van der Waals surface area contributed by atoms with Crippen molar-refractivity contribution < 1.29 is 4.79 Å². The Hall–Kier alpha value is -2.30. The summed E-state index contributed by atoms with van der Waals surface area (Å²) in [5, 5.41) is 7.15. The van der Waals surface area contributed by atoms with Gasteiger partial charge in [0.1, 0.15) is 0 Å². The van der Waals surface area contributed by atoms with Gasteiger partial charge in [0.25, 0.3) is 5.91 Å². The summed E-state index contributed by atoms with van der Waals surface area (Å²) in [6.45, 7) is 4.16. The third kappa shape index (κ3) is 2.52. The van der Waals surface area contributed by atoms with Gasteiger partial charge in [0.2, 0.25) is 0 Å². The second-order valence-electron chi connectivity index (χ2n) is 4.60. The Morgan fingerprint density at radius 2 is 2.05 bits per heavy atom. The van der Waals surface area contributed by atoms with Crippen LogP contribution in [0.5, 0.6) is 0 Å². The van der Waals surface area contributed by atoms with E-state index in [-0.39, 0.29) is 5.91 Å². The number of carbonyl (C=O) groups is 1. The first-order valence-electron chi connectivity index (χ1n) is 6.80. The smallest absolute Gasteiger partial charge is 0.251 e. The summed E-state index contributed by atoms with van der Waals surface area (Å²) in [5.74, 6) is -0.145. The highest BCUT2D eigenvalue weighted by Gasteiger charge is 2.12. The van der Waals surface area contributed by atoms with E-state index in [1.165, 1.54) is 0 Å². The molecule has 2 aromatic rings. The molecule has 0 atom stereocenters. The van der Waals surface area contributed by atoms with Crippen LogP contribution in [-0.4, -0.2) is 22.7 Å². The van der Waals surface area contributed by atoms with Crippen molar-refractivity contribution in [1.82, 2.24) is 15.1 Å². The first-order chi connectivity index (χ1) is 9.60. The lowest BCUT2D eigenvalue weighted by Crippen LogP contribution is -2.18. The fraction of sp³-hybridized carbons (Fsp3) is 0.333. The summed E-state index contributed by atoms with van der Waals surface area (Å²) in [7, 11) is 1.60. The molecule has 20 heavy (non-hydrogen) atoms. The van der Waals surface area contributed by atoms with Crippen LogP contribution < -0.4 is 11.1 Å². The number of benzene rings is 1. The number of nitrogens with one attached hydrogen (secondary N) is 1. The van der Waals surface area contributed by atoms with E-state index >= 15 is 0 Å². The van der Waals surface area contributed by atoms with Gasteiger partial charge in [0.05, 0.1) is 17.1 Å². The zero-order valence-corrected chi connectivity index (χ0v) is 12.1. The lowest BCUT2D eigenvalue weighted by atomic mass is 10.1. The standard InChI is InChI=1S/C15H20N4O/c1-4-11-9-12(5-2)19(18-11)14-7-6-10(8-13(14)16)15(20)17-3/h6-9H,4-5,16H2,1-3H3,(H,17,20). The number of anilines is 1. The van der Waals surface area contributed by atoms with Gasteiger partial charge in [-0.3, -0.25) is 4.79 Å². The second-order valence-corrected chi connectivity index (χ2v) is 4.60. The van der Waals surface area contributed by atoms with Gasteiger partial charge in [0.15, 0.2) is 0 Å². The third-order valence-corrected chi connectivity index (χ3v) is 3.30. The number of nitrogens with two attached hydrogens (primary N) is 1. The molecule has 5 heteroatoms. The minimum Gasteiger partial charge on any atom is -0.397 e. The molecule has 1 heterocycles. The number of rotatable bonds is 4. The molecular formula is C15H20N4O. The quantitative estimate of drug-likeness (QED) is 0.835. The van der Waals surface area contributed by atoms with Crippen molar-refractivity contribution in [2.45, 2.75) is 26.7 Å². The summed E-state index contributed by atoms with van der Waals surface area (Å²) in [4.78, 5) is 11.6. The number of aryl methyl sites for hydroxylation is 2. The maximum Gasteiger partial charge on any atom is 0.251 e. The van der Waals surface area contributed by atoms with Crippen LogP contribution in [0.4, 0.5) is 5.69 Å². The average molecular weight is 272 g/mol. The minimum absolute atomic E-state index is 0.145. The van der Waals surface area contributed by atoms with E-state index in [0.29, 0.717) is 11.3 Å². The molecule has 0 bridgehead atoms. The highest BCUT2D eigenvalue weighted by molar-refractivity contribution is 5.95. The highest BCUT2D eigenvalue weighted by Crippen LogP contribution is 2.21. The first-order valence-corrected chi connectivity index (χ1v) is 6.80. The maximum atomic E-state index is 11.6. The molecule has 0 unspecified atom stereocenters. The predicted molar refractivity (Wildman–Crippen MR) is 80.1 cm³/mol. The Morgan fingerprint density at radius 1 is 1.30 bits per heavy atom. The zero-order chi connectivity index (χ0) is 14.7. The second kappa shape index (κ2) is 5.77. The first kappa shape index (κ1) is 14.1. The number of amides is 1. The van der Waals surface area contributed by atoms with Crippen molar-refractivity contribution in [3.05, 3.63) is 41.2 Å². The Balaban J connectivity index is 2.48. The Bertz CT molecular complexity index is 631. The lowest BCUT2D eigenvalue weighted by Gasteiger charge is -2.10. The minimum atomic E-state index is -0.145. The van der Waals surface area contributed by atoms with Gasteiger partial charge in [-0.05, 0) is 37.1 Å². The number of nitrogen functional groups attached to an aromatic ring is 1. The highest BCUT2D eigenvalue weighted by atomic mass is 16.1. The van der Waals surface area contributed by atoms with Crippen LogP contribution in [0.2, 0.25) is 0 Å². The number of carbonyl (C=O) groups excluding carboxylic acids is 1. The van der Waals surface area contributed by atoms with Crippen LogP contribution >= 0.6 is 0 Å². The van der Waals surface area contributed by atoms with Crippen LogP contribution in [0.1, 0.15) is 35.6 Å². The van der Waals surface area contributed by atoms with Gasteiger partial charge in [-0.1, -0.05) is 13.8 Å². The molecule has 106 valence electrons. The monoisotopic (exact) mass is 272 g/mol. The molecule has 0 saturated heterocycles. The van der Waals surface area contributed by atoms with Crippen LogP contribution in [0.3, 0.4) is 0 Å². The fourth-order valence-corrected chi connectivity index (χ4v) is 2.14. The summed E-state index contributed by atoms with van der Waals surface area (Å²) in [5.41, 5.74) is 10.1. The van der Waals surface area contributed by atoms with E-state index in [9.17, 15) is 4.79 Å². The molecule has 0 fully saturated rings. The Kier molecular flexibility index (Phi) is 4.08. The van der Waals surface area contributed by atoms with Crippen molar-refractivity contribution >= 4 is 11.6 Å². The normalized spacial score (nSPS) is 10.6. The van der Waals surface area contributed by atoms with E-state index in [1.807, 2.05) is 10.7 Å². The van der Waals surface area contributed by atoms with Gasteiger partial charge in [-0.15, -0.1) is 0 Å². The van der Waals surface area contributed by atoms with Gasteiger partial charge in [0, 0.05) is 18.3 Å². The van der Waals surface area contributed by atoms with E-state index in [1.54, 1.807) is 19.2 Å². The van der Waals surface area contributed by atoms with E-state index in [0.717, 1.165) is 29.9 Å². The molecule has 3 N–H and O–H groups in total. The topological polar surface area (TPSA) is 72.9 Å². The van der Waals surface area contributed by atoms with Crippen molar-refractivity contribution in [2.24, 2.45) is 0 Å². The Morgan fingerprint density at radius 3 is 2.60 bits per heavy atom. The van der Waals surface area contributed by atoms with E-state index in [4.69, 9.17) is 5.73 Å². The van der Waals surface area contributed by atoms with Gasteiger partial charge >= 0.3 is 0 Å². The zero-order valence-electron chi connectivity index (χ0n) is 12.1. The molecule has 5 nitrogen and oxygen atoms in total. The molecule has 1 aromatic heterocycles. The molecule has 0 aliphatic rings. The summed E-state index contributed by atoms with van der Waals surface area (Å²) in [6.07, 6.45) is 1.76. The molecule has 0 aliphatic carbocycles. The average Bonchev–Trinajstić information content (AvgIpc) is 2.89. The summed E-state index contributed by atoms with van der Waals surface area (Å²) in [6, 6.07) is 7.37. The number of nitrogens with zero attached hydrogens (tertiary/aromatic N) is 2. The maximum absolute atomic E-state index is 11.6. The van der Waals surface area contributed by atoms with Gasteiger partial charge < -0.3 is 11.1 Å². The number of aromatic nitrogens is 2. The van der Waals surface area contributed by atoms with Crippen molar-refractivity contribution in [2.75, 3.05) is 12.8 Å². The largest absolute Gasteiger partial charge is 0.397 e. The van der Waals surface area contributed by atoms with Gasteiger partial charge in [-0.25, -0.2) is 4.68 Å². The fourth-order valence-electron chi connectivity index (χ4n) is 2.14. The number of hydrogen-bond donors (Lipinski definition) is 2. The number of hydrogen-bond acceptors (Lipinski definition) is 3. The van der Waals surface area contributed by atoms with Crippen LogP contribution in [0.25, 0.3) is 5.69 Å². The SMILES string of the molecule is CCc1cc(CC)n(-c2ccc(C(=O)NC)cc2N)n1. The molecule has 0 saturated carbocycles. The molecule has 2 rings (SSSR count). The molecular weight excluding hydrogens is 252 g/mol. The summed E-state index contributed by atoms with van der Waals surface area (Å²) < 4.78 is 1.86. The molecule has 1 aromatic carbocycles. The predicted octanol–water partition coefficient (Wildman–Crippen LogP) is 1.94. The van der Waals surface area contributed by atoms with Crippen LogP contribution in [-0.2, 0) is 12.8 Å². The van der Waals surface area contributed by atoms with E-state index < -0.39 is 0 Å². The molecule has 1 amide bonds. The van der Waals surface area contributed by atoms with Crippen LogP contribution in [0.15, 0.2) is 24.3 Å². The molecule has 0 spiro atoms. The molecule has 0 radical (unpaired) electrons. The van der Waals surface area contributed by atoms with Crippen molar-refractivity contribution in [3.8, 4) is 5.69 Å². The van der Waals surface area contributed by atoms with Crippen LogP contribution in [0, 0.1) is 0 Å². The Labute approximate surface area is 118 Å². The summed E-state index contributed by atoms with van der Waals surface area (Å²) >= 11 is 0.